The van der Waals surface area contributed by atoms with E-state index in [0.29, 0.717) is 16.1 Å². The van der Waals surface area contributed by atoms with Gasteiger partial charge in [-0.1, -0.05) is 41.4 Å². The molecule has 5 heteroatoms. The van der Waals surface area contributed by atoms with Crippen molar-refractivity contribution in [3.63, 3.8) is 0 Å². The van der Waals surface area contributed by atoms with Crippen LogP contribution in [0.15, 0.2) is 36.4 Å². The maximum absolute atomic E-state index is 14.0. The second-order valence-electron chi connectivity index (χ2n) is 4.53. The van der Waals surface area contributed by atoms with E-state index in [0.717, 1.165) is 0 Å². The van der Waals surface area contributed by atoms with Gasteiger partial charge in [-0.3, -0.25) is 4.79 Å². The Morgan fingerprint density at radius 3 is 2.67 bits per heavy atom. The number of aryl methyl sites for hydroxylation is 1. The lowest BCUT2D eigenvalue weighted by atomic mass is 9.89. The molecule has 0 N–H and O–H groups in total. The minimum Gasteiger partial charge on any atom is -0.292 e. The first-order valence-corrected chi connectivity index (χ1v) is 6.85. The third kappa shape index (κ3) is 3.07. The predicted octanol–water partition coefficient (Wildman–Crippen LogP) is 4.93. The Labute approximate surface area is 131 Å². The lowest BCUT2D eigenvalue weighted by Gasteiger charge is -2.12. The smallest absolute Gasteiger partial charge is 0.184 e. The van der Waals surface area contributed by atoms with Gasteiger partial charge >= 0.3 is 0 Å². The summed E-state index contributed by atoms with van der Waals surface area (Å²) in [5, 5.41) is 9.53. The van der Waals surface area contributed by atoms with Crippen LogP contribution in [0, 0.1) is 24.1 Å². The molecule has 106 valence electrons. The molecule has 0 spiro atoms. The number of ketones is 1. The van der Waals surface area contributed by atoms with Crippen LogP contribution in [0.1, 0.15) is 27.4 Å². The largest absolute Gasteiger partial charge is 0.292 e. The van der Waals surface area contributed by atoms with E-state index in [4.69, 9.17) is 23.2 Å². The maximum atomic E-state index is 14.0. The number of Topliss-reactive ketones (excluding diaryl/α,β-unsaturated/α-hetero) is 1. The summed E-state index contributed by atoms with van der Waals surface area (Å²) in [5.74, 6) is -2.52. The Morgan fingerprint density at radius 1 is 1.29 bits per heavy atom. The van der Waals surface area contributed by atoms with Crippen molar-refractivity contribution in [3.05, 3.63) is 69.0 Å². The molecule has 0 heterocycles. The van der Waals surface area contributed by atoms with Crippen molar-refractivity contribution in [3.8, 4) is 6.07 Å². The minimum atomic E-state index is -1.26. The van der Waals surface area contributed by atoms with Crippen molar-refractivity contribution in [2.24, 2.45) is 0 Å². The molecule has 2 nitrogen and oxygen atoms in total. The maximum Gasteiger partial charge on any atom is 0.184 e. The van der Waals surface area contributed by atoms with Crippen molar-refractivity contribution < 1.29 is 9.18 Å². The molecule has 0 saturated heterocycles. The molecular formula is C16H10Cl2FNO. The number of hydrogen-bond donors (Lipinski definition) is 0. The molecule has 0 aromatic heterocycles. The van der Waals surface area contributed by atoms with Gasteiger partial charge in [0.1, 0.15) is 11.7 Å². The summed E-state index contributed by atoms with van der Waals surface area (Å²) in [6.07, 6.45) is 0. The zero-order chi connectivity index (χ0) is 15.6. The topological polar surface area (TPSA) is 40.9 Å². The van der Waals surface area contributed by atoms with Gasteiger partial charge in [0.05, 0.1) is 11.1 Å². The summed E-state index contributed by atoms with van der Waals surface area (Å²) < 4.78 is 14.0. The van der Waals surface area contributed by atoms with Gasteiger partial charge in [0.2, 0.25) is 0 Å². The summed E-state index contributed by atoms with van der Waals surface area (Å²) >= 11 is 11.6. The van der Waals surface area contributed by atoms with Crippen LogP contribution in [0.2, 0.25) is 10.0 Å². The van der Waals surface area contributed by atoms with Crippen molar-refractivity contribution in [2.45, 2.75) is 12.8 Å². The Kier molecular flexibility index (Phi) is 4.62. The van der Waals surface area contributed by atoms with E-state index in [9.17, 15) is 14.4 Å². The molecule has 0 amide bonds. The zero-order valence-electron chi connectivity index (χ0n) is 11.0. The molecule has 0 fully saturated rings. The highest BCUT2D eigenvalue weighted by Gasteiger charge is 2.26. The van der Waals surface area contributed by atoms with Gasteiger partial charge in [-0.05, 0) is 30.7 Å². The highest BCUT2D eigenvalue weighted by atomic mass is 35.5. The molecule has 2 rings (SSSR count). The van der Waals surface area contributed by atoms with Gasteiger partial charge in [-0.25, -0.2) is 4.39 Å². The SMILES string of the molecule is Cc1ccc(Cl)cc1C(=O)C(C#N)c1cccc(Cl)c1F. The number of rotatable bonds is 3. The van der Waals surface area contributed by atoms with Crippen molar-refractivity contribution in [1.29, 1.82) is 5.26 Å². The first kappa shape index (κ1) is 15.5. The second kappa shape index (κ2) is 6.26. The third-order valence-corrected chi connectivity index (χ3v) is 3.68. The van der Waals surface area contributed by atoms with Gasteiger partial charge < -0.3 is 0 Å². The number of nitrogens with zero attached hydrogens (tertiary/aromatic N) is 1. The Hall–Kier alpha value is -1.89. The summed E-state index contributed by atoms with van der Waals surface area (Å²) in [6.45, 7) is 1.73. The quantitative estimate of drug-likeness (QED) is 0.752. The standard InChI is InChI=1S/C16H10Cl2FNO/c1-9-5-6-10(17)7-12(9)16(21)13(8-20)11-3-2-4-14(18)15(11)19/h2-7,13H,1H3. The van der Waals surface area contributed by atoms with E-state index in [-0.39, 0.29) is 10.6 Å². The van der Waals surface area contributed by atoms with Crippen LogP contribution in [0.3, 0.4) is 0 Å². The molecule has 0 radical (unpaired) electrons. The number of nitriles is 1. The van der Waals surface area contributed by atoms with Crippen LogP contribution in [0.25, 0.3) is 0 Å². The van der Waals surface area contributed by atoms with Crippen LogP contribution in [0.5, 0.6) is 0 Å². The van der Waals surface area contributed by atoms with Gasteiger partial charge in [0.15, 0.2) is 5.78 Å². The summed E-state index contributed by atoms with van der Waals surface area (Å²) in [6, 6.07) is 10.9. The average Bonchev–Trinajstić information content (AvgIpc) is 2.46. The third-order valence-electron chi connectivity index (χ3n) is 3.15. The number of carbonyl (C=O) groups excluding carboxylic acids is 1. The second-order valence-corrected chi connectivity index (χ2v) is 5.37. The molecule has 0 bridgehead atoms. The molecule has 1 unspecified atom stereocenters. The fourth-order valence-corrected chi connectivity index (χ4v) is 2.38. The molecule has 0 saturated carbocycles. The highest BCUT2D eigenvalue weighted by Crippen LogP contribution is 2.29. The zero-order valence-corrected chi connectivity index (χ0v) is 12.5. The number of benzene rings is 2. The molecule has 2 aromatic carbocycles. The lowest BCUT2D eigenvalue weighted by Crippen LogP contribution is -2.14. The first-order chi connectivity index (χ1) is 9.95. The Balaban J connectivity index is 2.52. The summed E-state index contributed by atoms with van der Waals surface area (Å²) in [5.41, 5.74) is 0.940. The van der Waals surface area contributed by atoms with Crippen LogP contribution < -0.4 is 0 Å². The molecule has 0 aliphatic carbocycles. The van der Waals surface area contributed by atoms with Gasteiger partial charge in [-0.2, -0.15) is 5.26 Å². The molecule has 0 aliphatic heterocycles. The summed E-state index contributed by atoms with van der Waals surface area (Å²) in [7, 11) is 0. The molecule has 2 aromatic rings. The van der Waals surface area contributed by atoms with E-state index in [1.165, 1.54) is 24.3 Å². The average molecular weight is 322 g/mol. The van der Waals surface area contributed by atoms with E-state index in [1.54, 1.807) is 19.1 Å². The van der Waals surface area contributed by atoms with Crippen LogP contribution in [0.4, 0.5) is 4.39 Å². The van der Waals surface area contributed by atoms with E-state index < -0.39 is 17.5 Å². The van der Waals surface area contributed by atoms with Crippen molar-refractivity contribution in [1.82, 2.24) is 0 Å². The fourth-order valence-electron chi connectivity index (χ4n) is 2.03. The molecule has 1 atom stereocenters. The van der Waals surface area contributed by atoms with Gasteiger partial charge in [-0.15, -0.1) is 0 Å². The van der Waals surface area contributed by atoms with Gasteiger partial charge in [0.25, 0.3) is 0 Å². The van der Waals surface area contributed by atoms with Gasteiger partial charge in [0, 0.05) is 16.1 Å². The van der Waals surface area contributed by atoms with E-state index >= 15 is 0 Å². The Morgan fingerprint density at radius 2 is 2.00 bits per heavy atom. The first-order valence-electron chi connectivity index (χ1n) is 6.09. The fraction of sp³-hybridized carbons (Fsp3) is 0.125. The normalized spacial score (nSPS) is 11.8. The molecule has 21 heavy (non-hydrogen) atoms. The van der Waals surface area contributed by atoms with Crippen LogP contribution >= 0.6 is 23.2 Å². The number of hydrogen-bond acceptors (Lipinski definition) is 2. The number of carbonyl (C=O) groups is 1. The van der Waals surface area contributed by atoms with E-state index in [2.05, 4.69) is 0 Å². The number of halogens is 3. The highest BCUT2D eigenvalue weighted by molar-refractivity contribution is 6.31. The monoisotopic (exact) mass is 321 g/mol. The lowest BCUT2D eigenvalue weighted by molar-refractivity contribution is 0.0977. The van der Waals surface area contributed by atoms with Crippen molar-refractivity contribution >= 4 is 29.0 Å². The van der Waals surface area contributed by atoms with E-state index in [1.807, 2.05) is 6.07 Å². The Bertz CT molecular complexity index is 752. The predicted molar refractivity (Wildman–Crippen MR) is 80.3 cm³/mol. The van der Waals surface area contributed by atoms with Crippen LogP contribution in [-0.4, -0.2) is 5.78 Å². The summed E-state index contributed by atoms with van der Waals surface area (Å²) in [4.78, 5) is 12.5. The molecular weight excluding hydrogens is 312 g/mol. The molecule has 0 aliphatic rings. The van der Waals surface area contributed by atoms with Crippen molar-refractivity contribution in [2.75, 3.05) is 0 Å². The minimum absolute atomic E-state index is 0.0330. The van der Waals surface area contributed by atoms with Crippen LogP contribution in [-0.2, 0) is 0 Å².